The fourth-order valence-electron chi connectivity index (χ4n) is 1.56. The van der Waals surface area contributed by atoms with E-state index in [9.17, 15) is 0 Å². The molecule has 0 heterocycles. The molecule has 1 aliphatic rings. The van der Waals surface area contributed by atoms with E-state index >= 15 is 0 Å². The average molecular weight is 219 g/mol. The van der Waals surface area contributed by atoms with Gasteiger partial charge in [-0.05, 0) is 37.7 Å². The molecule has 0 unspecified atom stereocenters. The van der Waals surface area contributed by atoms with E-state index < -0.39 is 0 Å². The zero-order valence-electron chi connectivity index (χ0n) is 8.69. The molecular formula is C12H13NOS. The second-order valence-electron chi connectivity index (χ2n) is 3.62. The summed E-state index contributed by atoms with van der Waals surface area (Å²) in [7, 11) is 0. The van der Waals surface area contributed by atoms with Crippen LogP contribution in [-0.4, -0.2) is 12.4 Å². The number of nitriles is 1. The first-order valence-corrected chi connectivity index (χ1v) is 6.31. The molecule has 3 heteroatoms. The molecule has 78 valence electrons. The van der Waals surface area contributed by atoms with Crippen molar-refractivity contribution in [2.75, 3.05) is 6.26 Å². The highest BCUT2D eigenvalue weighted by Gasteiger charge is 2.20. The van der Waals surface area contributed by atoms with Gasteiger partial charge >= 0.3 is 0 Å². The lowest BCUT2D eigenvalue weighted by Gasteiger charge is -2.27. The molecule has 1 saturated carbocycles. The first-order chi connectivity index (χ1) is 7.35. The standard InChI is InChI=1S/C12H13NOS/c1-15-12-7-3-6-11(10(12)8-13)14-9-4-2-5-9/h3,6-7,9H,2,4-5H2,1H3. The summed E-state index contributed by atoms with van der Waals surface area (Å²) in [5, 5.41) is 9.09. The lowest BCUT2D eigenvalue weighted by molar-refractivity contribution is 0.119. The predicted octanol–water partition coefficient (Wildman–Crippen LogP) is 3.21. The van der Waals surface area contributed by atoms with E-state index in [4.69, 9.17) is 10.00 Å². The molecule has 0 N–H and O–H groups in total. The topological polar surface area (TPSA) is 33.0 Å². The summed E-state index contributed by atoms with van der Waals surface area (Å²) in [5.41, 5.74) is 0.678. The van der Waals surface area contributed by atoms with E-state index in [0.29, 0.717) is 11.7 Å². The van der Waals surface area contributed by atoms with Crippen molar-refractivity contribution in [3.8, 4) is 11.8 Å². The fraction of sp³-hybridized carbons (Fsp3) is 0.417. The maximum atomic E-state index is 9.09. The van der Waals surface area contributed by atoms with Crippen LogP contribution in [0.1, 0.15) is 24.8 Å². The minimum absolute atomic E-state index is 0.328. The van der Waals surface area contributed by atoms with Crippen LogP contribution in [0.3, 0.4) is 0 Å². The largest absolute Gasteiger partial charge is 0.489 e. The SMILES string of the molecule is CSc1cccc(OC2CCC2)c1C#N. The lowest BCUT2D eigenvalue weighted by Crippen LogP contribution is -2.24. The molecule has 0 amide bonds. The summed E-state index contributed by atoms with van der Waals surface area (Å²) in [6, 6.07) is 8.01. The van der Waals surface area contributed by atoms with Crippen LogP contribution in [0, 0.1) is 11.3 Å². The van der Waals surface area contributed by atoms with Crippen LogP contribution >= 0.6 is 11.8 Å². The van der Waals surface area contributed by atoms with Gasteiger partial charge in [0.25, 0.3) is 0 Å². The van der Waals surface area contributed by atoms with Gasteiger partial charge in [0.1, 0.15) is 17.4 Å². The van der Waals surface area contributed by atoms with Gasteiger partial charge in [-0.2, -0.15) is 5.26 Å². The second kappa shape index (κ2) is 4.59. The van der Waals surface area contributed by atoms with E-state index in [1.807, 2.05) is 24.5 Å². The Bertz CT molecular complexity index is 393. The third-order valence-electron chi connectivity index (χ3n) is 2.67. The maximum absolute atomic E-state index is 9.09. The van der Waals surface area contributed by atoms with Gasteiger partial charge < -0.3 is 4.74 Å². The van der Waals surface area contributed by atoms with Gasteiger partial charge in [0.15, 0.2) is 0 Å². The molecule has 2 nitrogen and oxygen atoms in total. The summed E-state index contributed by atoms with van der Waals surface area (Å²) in [5.74, 6) is 0.744. The molecule has 1 aromatic rings. The minimum atomic E-state index is 0.328. The van der Waals surface area contributed by atoms with E-state index in [1.165, 1.54) is 6.42 Å². The molecule has 2 rings (SSSR count). The summed E-state index contributed by atoms with van der Waals surface area (Å²) >= 11 is 1.58. The van der Waals surface area contributed by atoms with Crippen molar-refractivity contribution in [1.82, 2.24) is 0 Å². The van der Waals surface area contributed by atoms with Gasteiger partial charge in [0.05, 0.1) is 6.10 Å². The van der Waals surface area contributed by atoms with E-state index in [1.54, 1.807) is 11.8 Å². The maximum Gasteiger partial charge on any atom is 0.138 e. The van der Waals surface area contributed by atoms with Gasteiger partial charge in [-0.3, -0.25) is 0 Å². The molecule has 0 spiro atoms. The molecule has 1 aromatic carbocycles. The van der Waals surface area contributed by atoms with Crippen LogP contribution in [0.15, 0.2) is 23.1 Å². The molecule has 0 radical (unpaired) electrons. The molecule has 0 saturated heterocycles. The number of thioether (sulfide) groups is 1. The monoisotopic (exact) mass is 219 g/mol. The van der Waals surface area contributed by atoms with Crippen molar-refractivity contribution in [3.05, 3.63) is 23.8 Å². The van der Waals surface area contributed by atoms with Crippen LogP contribution in [0.5, 0.6) is 5.75 Å². The zero-order chi connectivity index (χ0) is 10.7. The molecule has 0 atom stereocenters. The Kier molecular flexibility index (Phi) is 3.17. The number of rotatable bonds is 3. The van der Waals surface area contributed by atoms with Gasteiger partial charge in [0.2, 0.25) is 0 Å². The first kappa shape index (κ1) is 10.4. The molecule has 0 aromatic heterocycles. The molecule has 15 heavy (non-hydrogen) atoms. The van der Waals surface area contributed by atoms with Crippen LogP contribution < -0.4 is 4.74 Å². The highest BCUT2D eigenvalue weighted by molar-refractivity contribution is 7.98. The van der Waals surface area contributed by atoms with E-state index in [0.717, 1.165) is 23.5 Å². The molecule has 1 aliphatic carbocycles. The summed E-state index contributed by atoms with van der Waals surface area (Å²) < 4.78 is 5.78. The van der Waals surface area contributed by atoms with Gasteiger partial charge in [0, 0.05) is 4.90 Å². The molecule has 0 aliphatic heterocycles. The van der Waals surface area contributed by atoms with Gasteiger partial charge in [-0.25, -0.2) is 0 Å². The lowest BCUT2D eigenvalue weighted by atomic mass is 9.96. The smallest absolute Gasteiger partial charge is 0.138 e. The quantitative estimate of drug-likeness (QED) is 0.732. The summed E-state index contributed by atoms with van der Waals surface area (Å²) in [6.07, 6.45) is 5.79. The fourth-order valence-corrected chi connectivity index (χ4v) is 2.12. The van der Waals surface area contributed by atoms with Crippen molar-refractivity contribution in [3.63, 3.8) is 0 Å². The van der Waals surface area contributed by atoms with Gasteiger partial charge in [-0.1, -0.05) is 6.07 Å². The van der Waals surface area contributed by atoms with Crippen LogP contribution in [0.2, 0.25) is 0 Å². The normalized spacial score (nSPS) is 15.5. The van der Waals surface area contributed by atoms with Crippen molar-refractivity contribution in [2.45, 2.75) is 30.3 Å². The first-order valence-electron chi connectivity index (χ1n) is 5.09. The summed E-state index contributed by atoms with van der Waals surface area (Å²) in [6.45, 7) is 0. The zero-order valence-corrected chi connectivity index (χ0v) is 9.51. The number of benzene rings is 1. The average Bonchev–Trinajstić information content (AvgIpc) is 2.22. The predicted molar refractivity (Wildman–Crippen MR) is 61.2 cm³/mol. The number of hydrogen-bond acceptors (Lipinski definition) is 3. The van der Waals surface area contributed by atoms with Crippen molar-refractivity contribution in [1.29, 1.82) is 5.26 Å². The van der Waals surface area contributed by atoms with Gasteiger partial charge in [-0.15, -0.1) is 11.8 Å². The highest BCUT2D eigenvalue weighted by atomic mass is 32.2. The second-order valence-corrected chi connectivity index (χ2v) is 4.46. The Morgan fingerprint density at radius 1 is 1.47 bits per heavy atom. The van der Waals surface area contributed by atoms with E-state index in [-0.39, 0.29) is 0 Å². The Labute approximate surface area is 94.2 Å². The molecule has 1 fully saturated rings. The van der Waals surface area contributed by atoms with Crippen molar-refractivity contribution < 1.29 is 4.74 Å². The summed E-state index contributed by atoms with van der Waals surface area (Å²) in [4.78, 5) is 0.995. The van der Waals surface area contributed by atoms with Crippen LogP contribution in [-0.2, 0) is 0 Å². The van der Waals surface area contributed by atoms with Crippen molar-refractivity contribution in [2.24, 2.45) is 0 Å². The molecule has 0 bridgehead atoms. The number of hydrogen-bond donors (Lipinski definition) is 0. The highest BCUT2D eigenvalue weighted by Crippen LogP contribution is 2.31. The molecular weight excluding hydrogens is 206 g/mol. The Morgan fingerprint density at radius 2 is 2.27 bits per heavy atom. The van der Waals surface area contributed by atoms with Crippen LogP contribution in [0.4, 0.5) is 0 Å². The third kappa shape index (κ3) is 2.10. The third-order valence-corrected chi connectivity index (χ3v) is 3.45. The Morgan fingerprint density at radius 3 is 2.80 bits per heavy atom. The van der Waals surface area contributed by atoms with E-state index in [2.05, 4.69) is 6.07 Å². The minimum Gasteiger partial charge on any atom is -0.489 e. The number of nitrogens with zero attached hydrogens (tertiary/aromatic N) is 1. The Hall–Kier alpha value is -1.14. The van der Waals surface area contributed by atoms with Crippen LogP contribution in [0.25, 0.3) is 0 Å². The van der Waals surface area contributed by atoms with Crippen molar-refractivity contribution >= 4 is 11.8 Å². The number of ether oxygens (including phenoxy) is 1. The Balaban J connectivity index is 2.25.